The molecule has 5 aromatic rings. The minimum Gasteiger partial charge on any atom is -0.495 e. The summed E-state index contributed by atoms with van der Waals surface area (Å²) in [6.07, 6.45) is 8.38. The van der Waals surface area contributed by atoms with Gasteiger partial charge in [0, 0.05) is 48.5 Å². The molecule has 1 amide bonds. The van der Waals surface area contributed by atoms with E-state index in [1.165, 1.54) is 5.56 Å². The van der Waals surface area contributed by atoms with Gasteiger partial charge in [-0.25, -0.2) is 0 Å². The number of carbonyl (C=O) groups excluding carboxylic acids is 1. The molecule has 1 aliphatic heterocycles. The van der Waals surface area contributed by atoms with E-state index < -0.39 is 0 Å². The van der Waals surface area contributed by atoms with Crippen LogP contribution < -0.4 is 10.1 Å². The number of fused-ring (bicyclic) bond motifs is 1. The summed E-state index contributed by atoms with van der Waals surface area (Å²) < 4.78 is 13.5. The zero-order valence-corrected chi connectivity index (χ0v) is 24.1. The number of hydrogen-bond donors (Lipinski definition) is 1. The minimum absolute atomic E-state index is 0.0799. The zero-order chi connectivity index (χ0) is 28.9. The summed E-state index contributed by atoms with van der Waals surface area (Å²) in [5, 5.41) is 8.18. The number of para-hydroxylation sites is 1. The molecule has 0 bridgehead atoms. The lowest BCUT2D eigenvalue weighted by molar-refractivity contribution is 0.0952. The fourth-order valence-corrected chi connectivity index (χ4v) is 5.83. The van der Waals surface area contributed by atoms with Crippen molar-refractivity contribution in [1.82, 2.24) is 29.9 Å². The first-order valence-corrected chi connectivity index (χ1v) is 14.5. The number of pyridine rings is 1. The number of likely N-dealkylation sites (tertiary alicyclic amines) is 1. The summed E-state index contributed by atoms with van der Waals surface area (Å²) in [5.41, 5.74) is 4.81. The third-order valence-electron chi connectivity index (χ3n) is 8.05. The van der Waals surface area contributed by atoms with Crippen LogP contribution in [-0.4, -0.2) is 57.2 Å². The van der Waals surface area contributed by atoms with Crippen LogP contribution in [0.2, 0.25) is 0 Å². The SMILES string of the molecule is COc1cccc2c(C(=O)NCc3cccc(C)c3)cn(CCCN3CCC(c4nc(-c5ccncc5)no4)CC3)c12. The van der Waals surface area contributed by atoms with Gasteiger partial charge in [-0.2, -0.15) is 4.98 Å². The highest BCUT2D eigenvalue weighted by atomic mass is 16.5. The highest BCUT2D eigenvalue weighted by Gasteiger charge is 2.25. The van der Waals surface area contributed by atoms with Gasteiger partial charge in [0.05, 0.1) is 18.2 Å². The molecule has 0 unspecified atom stereocenters. The van der Waals surface area contributed by atoms with Crippen LogP contribution in [0.1, 0.15) is 52.6 Å². The third-order valence-corrected chi connectivity index (χ3v) is 8.05. The van der Waals surface area contributed by atoms with Gasteiger partial charge in [-0.3, -0.25) is 9.78 Å². The Labute approximate surface area is 245 Å². The van der Waals surface area contributed by atoms with E-state index in [9.17, 15) is 4.79 Å². The van der Waals surface area contributed by atoms with E-state index in [0.717, 1.165) is 79.1 Å². The van der Waals surface area contributed by atoms with Crippen LogP contribution in [0.15, 0.2) is 77.7 Å². The van der Waals surface area contributed by atoms with E-state index in [0.29, 0.717) is 17.9 Å². The fourth-order valence-electron chi connectivity index (χ4n) is 5.83. The van der Waals surface area contributed by atoms with Gasteiger partial charge in [0.1, 0.15) is 5.75 Å². The maximum atomic E-state index is 13.3. The number of nitrogens with one attached hydrogen (secondary N) is 1. The Morgan fingerprint density at radius 2 is 1.88 bits per heavy atom. The van der Waals surface area contributed by atoms with E-state index in [-0.39, 0.29) is 11.8 Å². The summed E-state index contributed by atoms with van der Waals surface area (Å²) in [4.78, 5) is 24.5. The molecular weight excluding hydrogens is 528 g/mol. The van der Waals surface area contributed by atoms with Crippen molar-refractivity contribution in [3.05, 3.63) is 95.8 Å². The number of aryl methyl sites for hydroxylation is 2. The number of nitrogens with zero attached hydrogens (tertiary/aromatic N) is 5. The lowest BCUT2D eigenvalue weighted by Gasteiger charge is -2.30. The summed E-state index contributed by atoms with van der Waals surface area (Å²) in [7, 11) is 1.68. The van der Waals surface area contributed by atoms with Gasteiger partial charge in [0.2, 0.25) is 11.7 Å². The van der Waals surface area contributed by atoms with Crippen molar-refractivity contribution in [3.63, 3.8) is 0 Å². The van der Waals surface area contributed by atoms with Crippen molar-refractivity contribution >= 4 is 16.8 Å². The van der Waals surface area contributed by atoms with Crippen LogP contribution in [0.4, 0.5) is 0 Å². The molecule has 3 aromatic heterocycles. The van der Waals surface area contributed by atoms with Gasteiger partial charge in [0.15, 0.2) is 0 Å². The molecule has 1 aliphatic rings. The van der Waals surface area contributed by atoms with Gasteiger partial charge >= 0.3 is 0 Å². The van der Waals surface area contributed by atoms with Gasteiger partial charge in [0.25, 0.3) is 5.91 Å². The van der Waals surface area contributed by atoms with Crippen molar-refractivity contribution in [2.45, 2.75) is 45.2 Å². The van der Waals surface area contributed by atoms with Gasteiger partial charge in [-0.1, -0.05) is 47.1 Å². The number of benzene rings is 2. The molecule has 42 heavy (non-hydrogen) atoms. The predicted octanol–water partition coefficient (Wildman–Crippen LogP) is 5.60. The minimum atomic E-state index is -0.0799. The molecule has 0 atom stereocenters. The normalized spacial score (nSPS) is 14.3. The smallest absolute Gasteiger partial charge is 0.253 e. The predicted molar refractivity (Wildman–Crippen MR) is 161 cm³/mol. The summed E-state index contributed by atoms with van der Waals surface area (Å²) in [6, 6.07) is 17.9. The average molecular weight is 565 g/mol. The molecule has 0 saturated carbocycles. The van der Waals surface area contributed by atoms with Crippen LogP contribution in [0.25, 0.3) is 22.3 Å². The summed E-state index contributed by atoms with van der Waals surface area (Å²) in [5.74, 6) is 2.32. The highest BCUT2D eigenvalue weighted by Crippen LogP contribution is 2.31. The molecule has 6 rings (SSSR count). The first-order valence-electron chi connectivity index (χ1n) is 14.5. The van der Waals surface area contributed by atoms with Gasteiger partial charge < -0.3 is 24.0 Å². The first kappa shape index (κ1) is 27.7. The van der Waals surface area contributed by atoms with Crippen molar-refractivity contribution in [1.29, 1.82) is 0 Å². The van der Waals surface area contributed by atoms with Crippen LogP contribution in [0, 0.1) is 6.92 Å². The maximum Gasteiger partial charge on any atom is 0.253 e. The van der Waals surface area contributed by atoms with Crippen LogP contribution in [-0.2, 0) is 13.1 Å². The van der Waals surface area contributed by atoms with Crippen LogP contribution >= 0.6 is 0 Å². The molecule has 1 saturated heterocycles. The third kappa shape index (κ3) is 6.06. The van der Waals surface area contributed by atoms with Crippen LogP contribution in [0.5, 0.6) is 5.75 Å². The monoisotopic (exact) mass is 564 g/mol. The van der Waals surface area contributed by atoms with Crippen molar-refractivity contribution < 1.29 is 14.1 Å². The standard InChI is InChI=1S/C33H36N6O3/c1-23-6-3-7-24(20-23)21-35-32(40)28-22-39(30-27(28)8-4-9-29(30)41-2)17-5-16-38-18-12-26(13-19-38)33-36-31(37-42-33)25-10-14-34-15-11-25/h3-4,6-11,14-15,20,22,26H,5,12-13,16-19,21H2,1-2H3,(H,35,40). The Morgan fingerprint density at radius 1 is 1.07 bits per heavy atom. The Balaban J connectivity index is 1.06. The average Bonchev–Trinajstić information content (AvgIpc) is 3.67. The Morgan fingerprint density at radius 3 is 2.67 bits per heavy atom. The Bertz CT molecular complexity index is 1650. The zero-order valence-electron chi connectivity index (χ0n) is 24.1. The highest BCUT2D eigenvalue weighted by molar-refractivity contribution is 6.08. The molecule has 4 heterocycles. The molecular formula is C33H36N6O3. The molecule has 1 fully saturated rings. The molecule has 0 radical (unpaired) electrons. The van der Waals surface area contributed by atoms with Crippen LogP contribution in [0.3, 0.4) is 0 Å². The summed E-state index contributed by atoms with van der Waals surface area (Å²) in [6.45, 7) is 6.28. The molecule has 1 N–H and O–H groups in total. The lowest BCUT2D eigenvalue weighted by Crippen LogP contribution is -2.34. The number of piperidine rings is 1. The Kier molecular flexibility index (Phi) is 8.28. The lowest BCUT2D eigenvalue weighted by atomic mass is 9.96. The van der Waals surface area contributed by atoms with E-state index in [4.69, 9.17) is 9.26 Å². The second-order valence-electron chi connectivity index (χ2n) is 10.9. The van der Waals surface area contributed by atoms with E-state index in [2.05, 4.69) is 49.0 Å². The molecule has 2 aromatic carbocycles. The molecule has 9 heteroatoms. The molecule has 0 spiro atoms. The van der Waals surface area contributed by atoms with E-state index in [1.54, 1.807) is 19.5 Å². The fraction of sp³-hybridized carbons (Fsp3) is 0.333. The number of ether oxygens (including phenoxy) is 1. The quantitative estimate of drug-likeness (QED) is 0.236. The number of hydrogen-bond acceptors (Lipinski definition) is 7. The van der Waals surface area contributed by atoms with E-state index in [1.807, 2.05) is 48.7 Å². The molecule has 216 valence electrons. The van der Waals surface area contributed by atoms with Gasteiger partial charge in [-0.05, 0) is 69.6 Å². The van der Waals surface area contributed by atoms with Gasteiger partial charge in [-0.15, -0.1) is 0 Å². The first-order chi connectivity index (χ1) is 20.6. The number of rotatable bonds is 10. The second kappa shape index (κ2) is 12.6. The number of aromatic nitrogens is 4. The number of amides is 1. The maximum absolute atomic E-state index is 13.3. The second-order valence-corrected chi connectivity index (χ2v) is 10.9. The largest absolute Gasteiger partial charge is 0.495 e. The van der Waals surface area contributed by atoms with Crippen molar-refractivity contribution in [2.75, 3.05) is 26.7 Å². The van der Waals surface area contributed by atoms with Crippen molar-refractivity contribution in [2.24, 2.45) is 0 Å². The topological polar surface area (TPSA) is 98.3 Å². The number of carbonyl (C=O) groups is 1. The summed E-state index contributed by atoms with van der Waals surface area (Å²) >= 11 is 0. The number of methoxy groups -OCH3 is 1. The Hall–Kier alpha value is -4.50. The van der Waals surface area contributed by atoms with E-state index >= 15 is 0 Å². The molecule has 0 aliphatic carbocycles. The molecule has 9 nitrogen and oxygen atoms in total. The van der Waals surface area contributed by atoms with Crippen molar-refractivity contribution in [3.8, 4) is 17.1 Å².